The maximum atomic E-state index is 13.2. The summed E-state index contributed by atoms with van der Waals surface area (Å²) >= 11 is 0. The molecular formula is C15H17FN2. The normalized spacial score (nSPS) is 12.5. The second kappa shape index (κ2) is 4.86. The Hall–Kier alpha value is -1.74. The van der Waals surface area contributed by atoms with E-state index >= 15 is 0 Å². The number of rotatable bonds is 2. The van der Waals surface area contributed by atoms with E-state index in [0.717, 1.165) is 16.7 Å². The number of aromatic nitrogens is 1. The predicted molar refractivity (Wildman–Crippen MR) is 70.9 cm³/mol. The van der Waals surface area contributed by atoms with Gasteiger partial charge in [-0.3, -0.25) is 4.98 Å². The van der Waals surface area contributed by atoms with Crippen LogP contribution in [0.4, 0.5) is 4.39 Å². The average molecular weight is 244 g/mol. The van der Waals surface area contributed by atoms with Gasteiger partial charge in [-0.25, -0.2) is 4.39 Å². The summed E-state index contributed by atoms with van der Waals surface area (Å²) in [6, 6.07) is 5.29. The van der Waals surface area contributed by atoms with Gasteiger partial charge in [-0.2, -0.15) is 0 Å². The van der Waals surface area contributed by atoms with Gasteiger partial charge in [0, 0.05) is 6.20 Å². The molecule has 1 aromatic heterocycles. The van der Waals surface area contributed by atoms with E-state index in [2.05, 4.69) is 24.0 Å². The number of hydrogen-bond donors (Lipinski definition) is 1. The maximum absolute atomic E-state index is 13.2. The second-order valence-electron chi connectivity index (χ2n) is 4.73. The Morgan fingerprint density at radius 1 is 1.06 bits per heavy atom. The van der Waals surface area contributed by atoms with E-state index in [1.165, 1.54) is 17.8 Å². The molecule has 0 amide bonds. The van der Waals surface area contributed by atoms with Crippen LogP contribution in [0.25, 0.3) is 0 Å². The number of halogens is 1. The molecular weight excluding hydrogens is 227 g/mol. The van der Waals surface area contributed by atoms with E-state index in [1.807, 2.05) is 13.8 Å². The lowest BCUT2D eigenvalue weighted by Crippen LogP contribution is -2.15. The molecule has 1 heterocycles. The average Bonchev–Trinajstić information content (AvgIpc) is 2.27. The van der Waals surface area contributed by atoms with Crippen LogP contribution in [-0.2, 0) is 0 Å². The van der Waals surface area contributed by atoms with Gasteiger partial charge < -0.3 is 5.73 Å². The van der Waals surface area contributed by atoms with E-state index in [9.17, 15) is 4.39 Å². The Labute approximate surface area is 107 Å². The number of pyridine rings is 1. The minimum absolute atomic E-state index is 0.339. The Morgan fingerprint density at radius 3 is 2.22 bits per heavy atom. The lowest BCUT2D eigenvalue weighted by molar-refractivity contribution is 0.616. The van der Waals surface area contributed by atoms with Crippen molar-refractivity contribution in [2.75, 3.05) is 0 Å². The molecule has 2 N–H and O–H groups in total. The summed E-state index contributed by atoms with van der Waals surface area (Å²) in [5.74, 6) is -0.356. The molecule has 1 aromatic carbocycles. The molecule has 1 unspecified atom stereocenters. The van der Waals surface area contributed by atoms with Crippen LogP contribution in [-0.4, -0.2) is 4.98 Å². The summed E-state index contributed by atoms with van der Waals surface area (Å²) in [5, 5.41) is 0. The first-order valence-corrected chi connectivity index (χ1v) is 5.93. The number of aryl methyl sites for hydroxylation is 3. The maximum Gasteiger partial charge on any atom is 0.141 e. The molecule has 3 heteroatoms. The van der Waals surface area contributed by atoms with Crippen molar-refractivity contribution in [1.82, 2.24) is 4.98 Å². The van der Waals surface area contributed by atoms with Crippen LogP contribution in [0.1, 0.15) is 33.9 Å². The van der Waals surface area contributed by atoms with Crippen molar-refractivity contribution in [3.05, 3.63) is 64.2 Å². The highest BCUT2D eigenvalue weighted by atomic mass is 19.1. The molecule has 94 valence electrons. The summed E-state index contributed by atoms with van der Waals surface area (Å²) < 4.78 is 13.2. The van der Waals surface area contributed by atoms with Crippen LogP contribution in [0, 0.1) is 26.6 Å². The van der Waals surface area contributed by atoms with E-state index in [1.54, 1.807) is 6.20 Å². The molecule has 0 fully saturated rings. The van der Waals surface area contributed by atoms with Crippen molar-refractivity contribution in [2.24, 2.45) is 5.73 Å². The number of benzene rings is 1. The van der Waals surface area contributed by atoms with Crippen molar-refractivity contribution < 1.29 is 4.39 Å². The van der Waals surface area contributed by atoms with Gasteiger partial charge in [-0.15, -0.1) is 0 Å². The highest BCUT2D eigenvalue weighted by Gasteiger charge is 2.15. The van der Waals surface area contributed by atoms with E-state index in [-0.39, 0.29) is 11.9 Å². The minimum atomic E-state index is -0.356. The summed E-state index contributed by atoms with van der Waals surface area (Å²) in [6.07, 6.45) is 2.80. The van der Waals surface area contributed by atoms with Crippen molar-refractivity contribution in [2.45, 2.75) is 26.8 Å². The summed E-state index contributed by atoms with van der Waals surface area (Å²) in [6.45, 7) is 6.11. The zero-order valence-corrected chi connectivity index (χ0v) is 10.9. The van der Waals surface area contributed by atoms with E-state index < -0.39 is 0 Å². The molecule has 0 aliphatic carbocycles. The Balaban J connectivity index is 2.49. The van der Waals surface area contributed by atoms with Gasteiger partial charge >= 0.3 is 0 Å². The second-order valence-corrected chi connectivity index (χ2v) is 4.73. The van der Waals surface area contributed by atoms with Crippen LogP contribution in [0.15, 0.2) is 30.6 Å². The van der Waals surface area contributed by atoms with Crippen molar-refractivity contribution in [1.29, 1.82) is 0 Å². The minimum Gasteiger partial charge on any atom is -0.320 e. The zero-order valence-electron chi connectivity index (χ0n) is 10.9. The zero-order chi connectivity index (χ0) is 13.3. The number of nitrogens with two attached hydrogens (primary N) is 1. The summed E-state index contributed by atoms with van der Waals surface area (Å²) in [7, 11) is 0. The fourth-order valence-electron chi connectivity index (χ4n) is 2.45. The topological polar surface area (TPSA) is 38.9 Å². The largest absolute Gasteiger partial charge is 0.320 e. The highest BCUT2D eigenvalue weighted by molar-refractivity contribution is 5.43. The lowest BCUT2D eigenvalue weighted by atomic mass is 9.91. The number of nitrogens with zero attached hydrogens (tertiary/aromatic N) is 1. The lowest BCUT2D eigenvalue weighted by Gasteiger charge is -2.18. The van der Waals surface area contributed by atoms with Crippen molar-refractivity contribution in [3.63, 3.8) is 0 Å². The molecule has 2 aromatic rings. The first-order valence-electron chi connectivity index (χ1n) is 5.93. The fraction of sp³-hybridized carbons (Fsp3) is 0.267. The highest BCUT2D eigenvalue weighted by Crippen LogP contribution is 2.26. The van der Waals surface area contributed by atoms with Gasteiger partial charge in [0.2, 0.25) is 0 Å². The quantitative estimate of drug-likeness (QED) is 0.881. The van der Waals surface area contributed by atoms with Crippen LogP contribution >= 0.6 is 0 Å². The number of hydrogen-bond acceptors (Lipinski definition) is 2. The smallest absolute Gasteiger partial charge is 0.141 e. The van der Waals surface area contributed by atoms with Gasteiger partial charge in [-0.05, 0) is 49.1 Å². The van der Waals surface area contributed by atoms with Gasteiger partial charge in [0.15, 0.2) is 0 Å². The van der Waals surface area contributed by atoms with Gasteiger partial charge in [0.05, 0.1) is 12.2 Å². The van der Waals surface area contributed by atoms with Crippen LogP contribution in [0.2, 0.25) is 0 Å². The molecule has 18 heavy (non-hydrogen) atoms. The first kappa shape index (κ1) is 12.7. The van der Waals surface area contributed by atoms with E-state index in [4.69, 9.17) is 5.73 Å². The molecule has 2 nitrogen and oxygen atoms in total. The Kier molecular flexibility index (Phi) is 3.43. The molecule has 0 bridgehead atoms. The third-order valence-electron chi connectivity index (χ3n) is 3.13. The van der Waals surface area contributed by atoms with Crippen molar-refractivity contribution >= 4 is 0 Å². The fourth-order valence-corrected chi connectivity index (χ4v) is 2.45. The van der Waals surface area contributed by atoms with E-state index in [0.29, 0.717) is 5.56 Å². The van der Waals surface area contributed by atoms with Gasteiger partial charge in [0.1, 0.15) is 5.82 Å². The molecule has 0 aliphatic rings. The molecule has 2 rings (SSSR count). The predicted octanol–water partition coefficient (Wildman–Crippen LogP) is 3.19. The van der Waals surface area contributed by atoms with Crippen LogP contribution < -0.4 is 5.73 Å². The first-order chi connectivity index (χ1) is 8.49. The SMILES string of the molecule is Cc1cc(C)c(C(N)c2cncc(F)c2)c(C)c1. The van der Waals surface area contributed by atoms with Crippen LogP contribution in [0.3, 0.4) is 0 Å². The molecule has 0 saturated carbocycles. The Morgan fingerprint density at radius 2 is 1.67 bits per heavy atom. The Bertz CT molecular complexity index is 555. The summed E-state index contributed by atoms with van der Waals surface area (Å²) in [4.78, 5) is 3.85. The molecule has 0 aliphatic heterocycles. The monoisotopic (exact) mass is 244 g/mol. The molecule has 0 radical (unpaired) electrons. The third-order valence-corrected chi connectivity index (χ3v) is 3.13. The third kappa shape index (κ3) is 2.41. The van der Waals surface area contributed by atoms with Gasteiger partial charge in [0.25, 0.3) is 0 Å². The van der Waals surface area contributed by atoms with Crippen molar-refractivity contribution in [3.8, 4) is 0 Å². The standard InChI is InChI=1S/C15H17FN2/c1-9-4-10(2)14(11(3)5-9)15(17)12-6-13(16)8-18-7-12/h4-8,15H,17H2,1-3H3. The van der Waals surface area contributed by atoms with Crippen LogP contribution in [0.5, 0.6) is 0 Å². The van der Waals surface area contributed by atoms with Gasteiger partial charge in [-0.1, -0.05) is 17.7 Å². The molecule has 1 atom stereocenters. The summed E-state index contributed by atoms with van der Waals surface area (Å²) in [5.41, 5.74) is 11.4. The molecule has 0 saturated heterocycles. The molecule has 0 spiro atoms.